The Morgan fingerprint density at radius 1 is 1.14 bits per heavy atom. The van der Waals surface area contributed by atoms with Crippen molar-refractivity contribution in [1.82, 2.24) is 10.0 Å². The molecule has 0 aliphatic heterocycles. The zero-order chi connectivity index (χ0) is 15.7. The molecule has 0 unspecified atom stereocenters. The van der Waals surface area contributed by atoms with Crippen molar-refractivity contribution in [3.63, 3.8) is 0 Å². The van der Waals surface area contributed by atoms with E-state index in [2.05, 4.69) is 17.0 Å². The van der Waals surface area contributed by atoms with Crippen LogP contribution < -0.4 is 14.8 Å². The van der Waals surface area contributed by atoms with E-state index in [0.29, 0.717) is 18.8 Å². The molecule has 5 nitrogen and oxygen atoms in total. The Morgan fingerprint density at radius 3 is 2.52 bits per heavy atom. The Hall–Kier alpha value is -1.11. The van der Waals surface area contributed by atoms with E-state index in [4.69, 9.17) is 4.74 Å². The Bertz CT molecular complexity index is 530. The number of nitrogens with one attached hydrogen (secondary N) is 2. The zero-order valence-electron chi connectivity index (χ0n) is 13.1. The second-order valence-corrected chi connectivity index (χ2v) is 6.65. The zero-order valence-corrected chi connectivity index (χ0v) is 13.9. The number of rotatable bonds is 10. The van der Waals surface area contributed by atoms with Crippen molar-refractivity contribution in [3.8, 4) is 5.75 Å². The van der Waals surface area contributed by atoms with Gasteiger partial charge >= 0.3 is 0 Å². The maximum Gasteiger partial charge on any atom is 0.244 e. The fourth-order valence-electron chi connectivity index (χ4n) is 1.91. The van der Waals surface area contributed by atoms with Crippen LogP contribution in [0, 0.1) is 0 Å². The van der Waals surface area contributed by atoms with Gasteiger partial charge in [-0.3, -0.25) is 0 Å². The van der Waals surface area contributed by atoms with Crippen molar-refractivity contribution in [2.75, 3.05) is 20.2 Å². The molecule has 0 aromatic heterocycles. The molecule has 6 heteroatoms. The SMILES string of the molecule is CCCCNS(=O)(=O)c1cc(CNCCC)ccc1OC. The van der Waals surface area contributed by atoms with Crippen molar-refractivity contribution >= 4 is 10.0 Å². The lowest BCUT2D eigenvalue weighted by molar-refractivity contribution is 0.402. The van der Waals surface area contributed by atoms with Crippen LogP contribution in [0.15, 0.2) is 23.1 Å². The number of methoxy groups -OCH3 is 1. The van der Waals surface area contributed by atoms with Gasteiger partial charge in [0.25, 0.3) is 0 Å². The Labute approximate surface area is 128 Å². The fraction of sp³-hybridized carbons (Fsp3) is 0.600. The van der Waals surface area contributed by atoms with E-state index >= 15 is 0 Å². The summed E-state index contributed by atoms with van der Waals surface area (Å²) in [7, 11) is -2.05. The van der Waals surface area contributed by atoms with Gasteiger partial charge in [0, 0.05) is 13.1 Å². The van der Waals surface area contributed by atoms with Crippen molar-refractivity contribution < 1.29 is 13.2 Å². The molecule has 0 saturated heterocycles. The molecule has 0 spiro atoms. The van der Waals surface area contributed by atoms with Gasteiger partial charge in [-0.2, -0.15) is 0 Å². The molecule has 0 amide bonds. The summed E-state index contributed by atoms with van der Waals surface area (Å²) < 4.78 is 32.5. The van der Waals surface area contributed by atoms with Crippen LogP contribution in [-0.4, -0.2) is 28.6 Å². The third-order valence-electron chi connectivity index (χ3n) is 3.10. The molecule has 0 bridgehead atoms. The Balaban J connectivity index is 2.93. The average molecular weight is 314 g/mol. The molecule has 0 saturated carbocycles. The molecule has 21 heavy (non-hydrogen) atoms. The third-order valence-corrected chi connectivity index (χ3v) is 4.58. The van der Waals surface area contributed by atoms with Gasteiger partial charge in [0.2, 0.25) is 10.0 Å². The molecule has 120 valence electrons. The summed E-state index contributed by atoms with van der Waals surface area (Å²) in [5.74, 6) is 0.373. The molecule has 0 radical (unpaired) electrons. The molecule has 1 aromatic carbocycles. The van der Waals surface area contributed by atoms with Gasteiger partial charge < -0.3 is 10.1 Å². The van der Waals surface area contributed by atoms with Crippen molar-refractivity contribution in [1.29, 1.82) is 0 Å². The van der Waals surface area contributed by atoms with E-state index in [1.807, 2.05) is 13.0 Å². The molecule has 0 heterocycles. The predicted molar refractivity (Wildman–Crippen MR) is 85.1 cm³/mol. The summed E-state index contributed by atoms with van der Waals surface area (Å²) in [4.78, 5) is 0.205. The number of sulfonamides is 1. The number of ether oxygens (including phenoxy) is 1. The van der Waals surface area contributed by atoms with E-state index in [1.165, 1.54) is 7.11 Å². The molecular weight excluding hydrogens is 288 g/mol. The van der Waals surface area contributed by atoms with E-state index in [9.17, 15) is 8.42 Å². The Kier molecular flexibility index (Phi) is 7.71. The second kappa shape index (κ2) is 9.02. The van der Waals surface area contributed by atoms with Gasteiger partial charge in [0.05, 0.1) is 7.11 Å². The summed E-state index contributed by atoms with van der Waals surface area (Å²) in [5, 5.41) is 3.26. The van der Waals surface area contributed by atoms with Crippen LogP contribution in [-0.2, 0) is 16.6 Å². The number of unbranched alkanes of at least 4 members (excludes halogenated alkanes) is 1. The van der Waals surface area contributed by atoms with Crippen molar-refractivity contribution in [3.05, 3.63) is 23.8 Å². The van der Waals surface area contributed by atoms with Crippen LogP contribution in [0.4, 0.5) is 0 Å². The first-order chi connectivity index (χ1) is 10.0. The van der Waals surface area contributed by atoms with Crippen LogP contribution in [0.2, 0.25) is 0 Å². The average Bonchev–Trinajstić information content (AvgIpc) is 2.47. The smallest absolute Gasteiger partial charge is 0.244 e. The largest absolute Gasteiger partial charge is 0.495 e. The van der Waals surface area contributed by atoms with Crippen molar-refractivity contribution in [2.45, 2.75) is 44.6 Å². The van der Waals surface area contributed by atoms with Crippen LogP contribution in [0.25, 0.3) is 0 Å². The summed E-state index contributed by atoms with van der Waals surface area (Å²) in [5.41, 5.74) is 0.931. The van der Waals surface area contributed by atoms with Gasteiger partial charge in [0.15, 0.2) is 0 Å². The van der Waals surface area contributed by atoms with Gasteiger partial charge in [-0.15, -0.1) is 0 Å². The number of hydrogen-bond donors (Lipinski definition) is 2. The molecular formula is C15H26N2O3S. The highest BCUT2D eigenvalue weighted by molar-refractivity contribution is 7.89. The molecule has 0 aliphatic carbocycles. The lowest BCUT2D eigenvalue weighted by Crippen LogP contribution is -2.25. The third kappa shape index (κ3) is 5.65. The lowest BCUT2D eigenvalue weighted by Gasteiger charge is -2.12. The topological polar surface area (TPSA) is 67.4 Å². The Morgan fingerprint density at radius 2 is 1.90 bits per heavy atom. The van der Waals surface area contributed by atoms with Crippen LogP contribution >= 0.6 is 0 Å². The highest BCUT2D eigenvalue weighted by Crippen LogP contribution is 2.24. The second-order valence-electron chi connectivity index (χ2n) is 4.91. The monoisotopic (exact) mass is 314 g/mol. The van der Waals surface area contributed by atoms with E-state index < -0.39 is 10.0 Å². The lowest BCUT2D eigenvalue weighted by atomic mass is 10.2. The van der Waals surface area contributed by atoms with E-state index in [-0.39, 0.29) is 4.90 Å². The standard InChI is InChI=1S/C15H26N2O3S/c1-4-6-10-17-21(18,19)15-11-13(12-16-9-5-2)7-8-14(15)20-3/h7-8,11,16-17H,4-6,9-10,12H2,1-3H3. The first-order valence-electron chi connectivity index (χ1n) is 7.42. The summed E-state index contributed by atoms with van der Waals surface area (Å²) in [6, 6.07) is 5.26. The number of benzene rings is 1. The minimum atomic E-state index is -3.53. The number of hydrogen-bond acceptors (Lipinski definition) is 4. The quantitative estimate of drug-likeness (QED) is 0.650. The van der Waals surface area contributed by atoms with Crippen LogP contribution in [0.3, 0.4) is 0 Å². The molecule has 0 fully saturated rings. The van der Waals surface area contributed by atoms with Gasteiger partial charge in [-0.25, -0.2) is 13.1 Å². The highest BCUT2D eigenvalue weighted by atomic mass is 32.2. The molecule has 1 aromatic rings. The summed E-state index contributed by atoms with van der Waals surface area (Å²) in [6.07, 6.45) is 2.81. The van der Waals surface area contributed by atoms with Crippen LogP contribution in [0.1, 0.15) is 38.7 Å². The van der Waals surface area contributed by atoms with Crippen LogP contribution in [0.5, 0.6) is 5.75 Å². The molecule has 2 N–H and O–H groups in total. The highest BCUT2D eigenvalue weighted by Gasteiger charge is 2.19. The van der Waals surface area contributed by atoms with Gasteiger partial charge in [-0.05, 0) is 37.1 Å². The normalized spacial score (nSPS) is 11.6. The minimum Gasteiger partial charge on any atom is -0.495 e. The maximum atomic E-state index is 12.4. The van der Waals surface area contributed by atoms with E-state index in [0.717, 1.165) is 31.4 Å². The summed E-state index contributed by atoms with van der Waals surface area (Å²) >= 11 is 0. The van der Waals surface area contributed by atoms with E-state index in [1.54, 1.807) is 12.1 Å². The maximum absolute atomic E-state index is 12.4. The molecule has 0 aliphatic rings. The first-order valence-corrected chi connectivity index (χ1v) is 8.90. The minimum absolute atomic E-state index is 0.205. The van der Waals surface area contributed by atoms with Gasteiger partial charge in [-0.1, -0.05) is 26.3 Å². The predicted octanol–water partition coefficient (Wildman–Crippen LogP) is 2.27. The van der Waals surface area contributed by atoms with Gasteiger partial charge in [0.1, 0.15) is 10.6 Å². The van der Waals surface area contributed by atoms with Crippen molar-refractivity contribution in [2.24, 2.45) is 0 Å². The first kappa shape index (κ1) is 17.9. The molecule has 1 rings (SSSR count). The summed E-state index contributed by atoms with van der Waals surface area (Å²) in [6.45, 7) is 6.11. The fourth-order valence-corrected chi connectivity index (χ4v) is 3.20. The molecule has 0 atom stereocenters.